The van der Waals surface area contributed by atoms with Gasteiger partial charge in [-0.15, -0.1) is 0 Å². The summed E-state index contributed by atoms with van der Waals surface area (Å²) in [6.45, 7) is 1.38. The van der Waals surface area contributed by atoms with E-state index in [1.807, 2.05) is 10.9 Å². The van der Waals surface area contributed by atoms with Crippen molar-refractivity contribution >= 4 is 22.7 Å². The fourth-order valence-electron chi connectivity index (χ4n) is 5.77. The van der Waals surface area contributed by atoms with Gasteiger partial charge in [0.1, 0.15) is 34.1 Å². The van der Waals surface area contributed by atoms with Gasteiger partial charge in [0.25, 0.3) is 5.91 Å². The summed E-state index contributed by atoms with van der Waals surface area (Å²) < 4.78 is 68.3. The van der Waals surface area contributed by atoms with E-state index in [9.17, 15) is 32.3 Å². The van der Waals surface area contributed by atoms with Crippen LogP contribution in [-0.4, -0.2) is 51.9 Å². The molecule has 2 aliphatic carbocycles. The van der Waals surface area contributed by atoms with Gasteiger partial charge in [0, 0.05) is 28.3 Å². The number of nitrogens with one attached hydrogen (secondary N) is 1. The zero-order valence-corrected chi connectivity index (χ0v) is 25.7. The minimum absolute atomic E-state index is 0.00775. The summed E-state index contributed by atoms with van der Waals surface area (Å²) in [6, 6.07) is 7.36. The zero-order valence-electron chi connectivity index (χ0n) is 25.7. The summed E-state index contributed by atoms with van der Waals surface area (Å²) in [6.07, 6.45) is -0.314. The molecule has 0 bridgehead atoms. The molecule has 0 unspecified atom stereocenters. The summed E-state index contributed by atoms with van der Waals surface area (Å²) in [5.41, 5.74) is 2.97. The Morgan fingerprint density at radius 2 is 1.87 bits per heavy atom. The fourth-order valence-corrected chi connectivity index (χ4v) is 5.77. The number of hydrogen-bond acceptors (Lipinski definition) is 7. The number of rotatable bonds is 12. The van der Waals surface area contributed by atoms with Gasteiger partial charge >= 0.3 is 6.18 Å². The molecule has 0 aliphatic heterocycles. The second-order valence-corrected chi connectivity index (χ2v) is 12.0. The molecule has 2 saturated carbocycles. The molecule has 0 saturated heterocycles. The predicted molar refractivity (Wildman–Crippen MR) is 162 cm³/mol. The first-order valence-corrected chi connectivity index (χ1v) is 15.2. The monoisotopic (exact) mass is 655 g/mol. The molecule has 6 rings (SSSR count). The van der Waals surface area contributed by atoms with Crippen molar-refractivity contribution in [3.05, 3.63) is 70.8 Å². The number of alkyl halides is 3. The number of carbonyl (C=O) groups excluding carboxylic acids is 2. The number of methoxy groups -OCH3 is 1. The topological polar surface area (TPSA) is 142 Å². The molecule has 248 valence electrons. The molecule has 2 aliphatic rings. The number of benzene rings is 2. The van der Waals surface area contributed by atoms with E-state index in [1.54, 1.807) is 19.1 Å². The quantitative estimate of drug-likeness (QED) is 0.181. The van der Waals surface area contributed by atoms with Crippen LogP contribution < -0.4 is 20.5 Å². The number of primary amides is 1. The van der Waals surface area contributed by atoms with Gasteiger partial charge in [-0.3, -0.25) is 14.3 Å². The highest BCUT2D eigenvalue weighted by molar-refractivity contribution is 6.00. The van der Waals surface area contributed by atoms with Crippen LogP contribution in [0.15, 0.2) is 42.6 Å². The Morgan fingerprint density at radius 1 is 1.13 bits per heavy atom. The molecule has 1 atom stereocenters. The van der Waals surface area contributed by atoms with E-state index in [4.69, 9.17) is 15.2 Å². The third-order valence-electron chi connectivity index (χ3n) is 8.46. The van der Waals surface area contributed by atoms with E-state index in [0.29, 0.717) is 47.7 Å². The van der Waals surface area contributed by atoms with Gasteiger partial charge in [-0.25, -0.2) is 9.37 Å². The molecule has 2 aromatic heterocycles. The maximum Gasteiger partial charge on any atom is 0.419 e. The molecular weight excluding hydrogens is 622 g/mol. The van der Waals surface area contributed by atoms with Crippen LogP contribution in [0.25, 0.3) is 22.2 Å². The number of carbonyl (C=O) groups is 2. The number of nitrogens with zero attached hydrogens (tertiary/aromatic N) is 3. The van der Waals surface area contributed by atoms with E-state index < -0.39 is 35.0 Å². The lowest BCUT2D eigenvalue weighted by atomic mass is 9.90. The Bertz CT molecular complexity index is 1870. The number of nitrogens with two attached hydrogens (primary N) is 1. The highest BCUT2D eigenvalue weighted by atomic mass is 19.4. The Kier molecular flexibility index (Phi) is 8.32. The van der Waals surface area contributed by atoms with Crippen LogP contribution in [0.2, 0.25) is 0 Å². The van der Waals surface area contributed by atoms with E-state index in [0.717, 1.165) is 18.9 Å². The van der Waals surface area contributed by atoms with Crippen molar-refractivity contribution in [1.82, 2.24) is 20.1 Å². The number of pyridine rings is 1. The van der Waals surface area contributed by atoms with Crippen LogP contribution in [0.1, 0.15) is 65.8 Å². The predicted octanol–water partition coefficient (Wildman–Crippen LogP) is 5.05. The van der Waals surface area contributed by atoms with Crippen molar-refractivity contribution in [2.45, 2.75) is 56.8 Å². The van der Waals surface area contributed by atoms with E-state index >= 15 is 0 Å². The second kappa shape index (κ2) is 12.1. The van der Waals surface area contributed by atoms with Crippen molar-refractivity contribution in [1.29, 1.82) is 0 Å². The first-order valence-electron chi connectivity index (χ1n) is 15.2. The number of hydrogen-bond donors (Lipinski definition) is 3. The third-order valence-corrected chi connectivity index (χ3v) is 8.46. The lowest BCUT2D eigenvalue weighted by Crippen LogP contribution is -2.43. The summed E-state index contributed by atoms with van der Waals surface area (Å²) in [5.74, 6) is -2.72. The molecule has 2 heterocycles. The number of aromatic nitrogens is 3. The van der Waals surface area contributed by atoms with Gasteiger partial charge < -0.3 is 25.6 Å². The standard InChI is InChI=1S/C33H33F4N5O5/c1-3-47-30-18(14-27(38)43)13-26(40-29(30)17-4-9-24(34)23(11-17)33(35,36)37)32(45,21-5-6-21)16-39-31(44)19-10-20-15-42(22-7-8-22)41-28(20)25(12-19)46-2/h4,9-13,15,21-22,45H,3,5-8,14,16H2,1-2H3,(H2,38,43)(H,39,44)/t32-/m1/s1. The molecule has 2 amide bonds. The largest absolute Gasteiger partial charge is 0.494 e. The fraction of sp³-hybridized carbons (Fsp3) is 0.394. The van der Waals surface area contributed by atoms with Crippen molar-refractivity contribution < 1.29 is 41.7 Å². The van der Waals surface area contributed by atoms with Crippen molar-refractivity contribution in [3.63, 3.8) is 0 Å². The highest BCUT2D eigenvalue weighted by Crippen LogP contribution is 2.47. The number of halogens is 4. The minimum Gasteiger partial charge on any atom is -0.494 e. The van der Waals surface area contributed by atoms with Crippen molar-refractivity contribution in [3.8, 4) is 22.8 Å². The summed E-state index contributed by atoms with van der Waals surface area (Å²) in [5, 5.41) is 20.2. The molecule has 4 N–H and O–H groups in total. The molecule has 2 fully saturated rings. The SMILES string of the molecule is CCOc1c(CC(N)=O)cc([C@@](O)(CNC(=O)c2cc(OC)c3nn(C4CC4)cc3c2)C2CC2)nc1-c1ccc(F)c(C(F)(F)F)c1. The first-order chi connectivity index (χ1) is 22.3. The number of amides is 2. The molecule has 47 heavy (non-hydrogen) atoms. The highest BCUT2D eigenvalue weighted by Gasteiger charge is 2.47. The minimum atomic E-state index is -5.00. The Morgan fingerprint density at radius 3 is 2.49 bits per heavy atom. The molecule has 14 heteroatoms. The van der Waals surface area contributed by atoms with Crippen LogP contribution in [0.3, 0.4) is 0 Å². The maximum atomic E-state index is 14.2. The second-order valence-electron chi connectivity index (χ2n) is 12.0. The van der Waals surface area contributed by atoms with Gasteiger partial charge in [0.05, 0.1) is 44.0 Å². The lowest BCUT2D eigenvalue weighted by Gasteiger charge is -2.30. The smallest absolute Gasteiger partial charge is 0.419 e. The van der Waals surface area contributed by atoms with E-state index in [2.05, 4.69) is 15.4 Å². The number of fused-ring (bicyclic) bond motifs is 1. The first kappa shape index (κ1) is 32.2. The molecule has 2 aromatic carbocycles. The Balaban J connectivity index is 1.39. The lowest BCUT2D eigenvalue weighted by molar-refractivity contribution is -0.140. The summed E-state index contributed by atoms with van der Waals surface area (Å²) in [7, 11) is 1.48. The van der Waals surface area contributed by atoms with Gasteiger partial charge in [-0.2, -0.15) is 18.3 Å². The third kappa shape index (κ3) is 6.46. The van der Waals surface area contributed by atoms with Gasteiger partial charge in [-0.1, -0.05) is 0 Å². The number of aliphatic hydroxyl groups is 1. The van der Waals surface area contributed by atoms with Crippen LogP contribution in [0.5, 0.6) is 11.5 Å². The molecule has 10 nitrogen and oxygen atoms in total. The summed E-state index contributed by atoms with van der Waals surface area (Å²) >= 11 is 0. The van der Waals surface area contributed by atoms with Crippen molar-refractivity contribution in [2.24, 2.45) is 11.7 Å². The molecule has 0 radical (unpaired) electrons. The average molecular weight is 656 g/mol. The molecule has 4 aromatic rings. The van der Waals surface area contributed by atoms with Crippen molar-refractivity contribution in [2.75, 3.05) is 20.3 Å². The van der Waals surface area contributed by atoms with Crippen LogP contribution in [0.4, 0.5) is 17.6 Å². The average Bonchev–Trinajstić information content (AvgIpc) is 3.96. The Labute approximate surface area is 266 Å². The maximum absolute atomic E-state index is 14.2. The van der Waals surface area contributed by atoms with Crippen LogP contribution in [0, 0.1) is 11.7 Å². The Hall–Kier alpha value is -4.72. The van der Waals surface area contributed by atoms with Gasteiger partial charge in [0.2, 0.25) is 5.91 Å². The van der Waals surface area contributed by atoms with E-state index in [-0.39, 0.29) is 59.3 Å². The van der Waals surface area contributed by atoms with Gasteiger partial charge in [0.15, 0.2) is 0 Å². The van der Waals surface area contributed by atoms with Crippen LogP contribution >= 0.6 is 0 Å². The molecule has 0 spiro atoms. The molecular formula is C33H33F4N5O5. The summed E-state index contributed by atoms with van der Waals surface area (Å²) in [4.78, 5) is 30.1. The number of ether oxygens (including phenoxy) is 2. The zero-order chi connectivity index (χ0) is 33.7. The van der Waals surface area contributed by atoms with Gasteiger partial charge in [-0.05, 0) is 74.9 Å². The van der Waals surface area contributed by atoms with E-state index in [1.165, 1.54) is 13.2 Å². The van der Waals surface area contributed by atoms with Crippen LogP contribution in [-0.2, 0) is 23.0 Å². The normalized spacial score (nSPS) is 16.1.